The van der Waals surface area contributed by atoms with E-state index in [0.29, 0.717) is 5.92 Å². The van der Waals surface area contributed by atoms with Gasteiger partial charge in [-0.15, -0.1) is 0 Å². The smallest absolute Gasteiger partial charge is 0.136 e. The van der Waals surface area contributed by atoms with E-state index in [9.17, 15) is 4.79 Å². The molecular formula is C8H16N2O. The molecule has 1 aliphatic rings. The largest absolute Gasteiger partial charge is 0.322 e. The molecule has 0 aliphatic carbocycles. The van der Waals surface area contributed by atoms with Gasteiger partial charge in [-0.3, -0.25) is 0 Å². The third-order valence-corrected chi connectivity index (χ3v) is 2.24. The van der Waals surface area contributed by atoms with Gasteiger partial charge in [-0.2, -0.15) is 0 Å². The molecule has 0 aromatic heterocycles. The van der Waals surface area contributed by atoms with E-state index in [2.05, 4.69) is 5.32 Å². The van der Waals surface area contributed by atoms with Crippen LogP contribution < -0.4 is 11.1 Å². The predicted molar refractivity (Wildman–Crippen MR) is 44.3 cm³/mol. The maximum atomic E-state index is 10.2. The fourth-order valence-electron chi connectivity index (χ4n) is 1.56. The van der Waals surface area contributed by atoms with Crippen LogP contribution in [0.5, 0.6) is 0 Å². The summed E-state index contributed by atoms with van der Waals surface area (Å²) in [7, 11) is 0. The van der Waals surface area contributed by atoms with Gasteiger partial charge < -0.3 is 15.8 Å². The molecule has 0 aromatic carbocycles. The fourth-order valence-corrected chi connectivity index (χ4v) is 1.56. The Morgan fingerprint density at radius 1 is 1.55 bits per heavy atom. The van der Waals surface area contributed by atoms with Gasteiger partial charge in [0.25, 0.3) is 0 Å². The fraction of sp³-hybridized carbons (Fsp3) is 0.875. The molecule has 64 valence electrons. The first-order valence-corrected chi connectivity index (χ1v) is 4.24. The van der Waals surface area contributed by atoms with E-state index in [1.807, 2.05) is 0 Å². The van der Waals surface area contributed by atoms with E-state index in [0.717, 1.165) is 25.8 Å². The van der Waals surface area contributed by atoms with Crippen LogP contribution in [0, 0.1) is 5.92 Å². The lowest BCUT2D eigenvalue weighted by atomic mass is 9.92. The number of piperidine rings is 1. The second-order valence-electron chi connectivity index (χ2n) is 3.23. The lowest BCUT2D eigenvalue weighted by Gasteiger charge is -2.23. The summed E-state index contributed by atoms with van der Waals surface area (Å²) < 4.78 is 0. The van der Waals surface area contributed by atoms with Crippen molar-refractivity contribution in [1.82, 2.24) is 5.32 Å². The van der Waals surface area contributed by atoms with Gasteiger partial charge in [-0.05, 0) is 38.3 Å². The third-order valence-electron chi connectivity index (χ3n) is 2.24. The van der Waals surface area contributed by atoms with Crippen molar-refractivity contribution in [3.8, 4) is 0 Å². The topological polar surface area (TPSA) is 55.1 Å². The van der Waals surface area contributed by atoms with Crippen LogP contribution >= 0.6 is 0 Å². The van der Waals surface area contributed by atoms with Crippen LogP contribution in [0.3, 0.4) is 0 Å². The highest BCUT2D eigenvalue weighted by molar-refractivity contribution is 5.56. The molecule has 3 heteroatoms. The number of hydrogen-bond acceptors (Lipinski definition) is 3. The zero-order valence-corrected chi connectivity index (χ0v) is 6.75. The van der Waals surface area contributed by atoms with Crippen molar-refractivity contribution in [1.29, 1.82) is 0 Å². The molecular weight excluding hydrogens is 140 g/mol. The summed E-state index contributed by atoms with van der Waals surface area (Å²) >= 11 is 0. The van der Waals surface area contributed by atoms with Crippen LogP contribution in [-0.4, -0.2) is 25.4 Å². The number of carbonyl (C=O) groups is 1. The number of hydrogen-bond donors (Lipinski definition) is 2. The number of rotatable bonds is 3. The Bertz CT molecular complexity index is 121. The van der Waals surface area contributed by atoms with Crippen LogP contribution in [-0.2, 0) is 4.79 Å². The minimum Gasteiger partial charge on any atom is -0.322 e. The van der Waals surface area contributed by atoms with Crippen LogP contribution in [0.1, 0.15) is 19.3 Å². The molecule has 1 aliphatic heterocycles. The van der Waals surface area contributed by atoms with Gasteiger partial charge in [0.2, 0.25) is 0 Å². The van der Waals surface area contributed by atoms with Crippen LogP contribution in [0.25, 0.3) is 0 Å². The molecule has 3 nitrogen and oxygen atoms in total. The van der Waals surface area contributed by atoms with E-state index in [4.69, 9.17) is 5.73 Å². The van der Waals surface area contributed by atoms with Crippen molar-refractivity contribution in [2.24, 2.45) is 11.7 Å². The Morgan fingerprint density at radius 2 is 2.18 bits per heavy atom. The SMILES string of the molecule is N[C@H](C=O)CC1CCNCC1. The van der Waals surface area contributed by atoms with Gasteiger partial charge in [-0.1, -0.05) is 0 Å². The molecule has 11 heavy (non-hydrogen) atoms. The predicted octanol–water partition coefficient (Wildman–Crippen LogP) is -0.0977. The highest BCUT2D eigenvalue weighted by Gasteiger charge is 2.15. The third kappa shape index (κ3) is 2.99. The molecule has 1 fully saturated rings. The summed E-state index contributed by atoms with van der Waals surface area (Å²) in [5.41, 5.74) is 5.52. The molecule has 1 saturated heterocycles. The minimum absolute atomic E-state index is 0.238. The maximum absolute atomic E-state index is 10.2. The Balaban J connectivity index is 2.18. The molecule has 0 saturated carbocycles. The average Bonchev–Trinajstić information content (AvgIpc) is 2.06. The van der Waals surface area contributed by atoms with Gasteiger partial charge in [-0.25, -0.2) is 0 Å². The molecule has 0 unspecified atom stereocenters. The van der Waals surface area contributed by atoms with Crippen molar-refractivity contribution in [2.45, 2.75) is 25.3 Å². The maximum Gasteiger partial charge on any atom is 0.136 e. The van der Waals surface area contributed by atoms with Crippen molar-refractivity contribution >= 4 is 6.29 Å². The number of aldehydes is 1. The van der Waals surface area contributed by atoms with Crippen LogP contribution in [0.2, 0.25) is 0 Å². The Hall–Kier alpha value is -0.410. The lowest BCUT2D eigenvalue weighted by molar-refractivity contribution is -0.109. The lowest BCUT2D eigenvalue weighted by Crippen LogP contribution is -2.32. The van der Waals surface area contributed by atoms with Gasteiger partial charge >= 0.3 is 0 Å². The van der Waals surface area contributed by atoms with Crippen molar-refractivity contribution in [3.63, 3.8) is 0 Å². The summed E-state index contributed by atoms with van der Waals surface area (Å²) in [5, 5.41) is 3.28. The van der Waals surface area contributed by atoms with Gasteiger partial charge in [0.05, 0.1) is 6.04 Å². The van der Waals surface area contributed by atoms with Crippen molar-refractivity contribution < 1.29 is 4.79 Å². The first kappa shape index (κ1) is 8.68. The average molecular weight is 156 g/mol. The highest BCUT2D eigenvalue weighted by atomic mass is 16.1. The second-order valence-corrected chi connectivity index (χ2v) is 3.23. The molecule has 0 radical (unpaired) electrons. The molecule has 1 atom stereocenters. The standard InChI is InChI=1S/C8H16N2O/c9-8(6-11)5-7-1-3-10-4-2-7/h6-8,10H,1-5,9H2/t8-/m0/s1. The van der Waals surface area contributed by atoms with Crippen LogP contribution in [0.15, 0.2) is 0 Å². The van der Waals surface area contributed by atoms with Crippen molar-refractivity contribution in [3.05, 3.63) is 0 Å². The van der Waals surface area contributed by atoms with E-state index >= 15 is 0 Å². The van der Waals surface area contributed by atoms with Crippen LogP contribution in [0.4, 0.5) is 0 Å². The number of carbonyl (C=O) groups excluding carboxylic acids is 1. The first-order chi connectivity index (χ1) is 5.33. The zero-order valence-electron chi connectivity index (χ0n) is 6.75. The summed E-state index contributed by atoms with van der Waals surface area (Å²) in [4.78, 5) is 10.2. The normalized spacial score (nSPS) is 23.0. The highest BCUT2D eigenvalue weighted by Crippen LogP contribution is 2.16. The molecule has 0 spiro atoms. The summed E-state index contributed by atoms with van der Waals surface area (Å²) in [6.07, 6.45) is 4.05. The summed E-state index contributed by atoms with van der Waals surface area (Å²) in [6, 6.07) is -0.238. The quantitative estimate of drug-likeness (QED) is 0.561. The Kier molecular flexibility index (Phi) is 3.52. The molecule has 1 rings (SSSR count). The Morgan fingerprint density at radius 3 is 2.73 bits per heavy atom. The van der Waals surface area contributed by atoms with E-state index < -0.39 is 0 Å². The number of nitrogens with two attached hydrogens (primary N) is 1. The molecule has 3 N–H and O–H groups in total. The van der Waals surface area contributed by atoms with E-state index in [1.54, 1.807) is 0 Å². The van der Waals surface area contributed by atoms with Gasteiger partial charge in [0.15, 0.2) is 0 Å². The van der Waals surface area contributed by atoms with Crippen molar-refractivity contribution in [2.75, 3.05) is 13.1 Å². The second kappa shape index (κ2) is 4.46. The van der Waals surface area contributed by atoms with Gasteiger partial charge in [0, 0.05) is 0 Å². The molecule has 1 heterocycles. The zero-order chi connectivity index (χ0) is 8.10. The monoisotopic (exact) mass is 156 g/mol. The molecule has 0 aromatic rings. The first-order valence-electron chi connectivity index (χ1n) is 4.24. The minimum atomic E-state index is -0.238. The molecule has 0 bridgehead atoms. The Labute approximate surface area is 67.3 Å². The number of nitrogens with one attached hydrogen (secondary N) is 1. The molecule has 0 amide bonds. The summed E-state index contributed by atoms with van der Waals surface area (Å²) in [5.74, 6) is 0.663. The summed E-state index contributed by atoms with van der Waals surface area (Å²) in [6.45, 7) is 2.16. The van der Waals surface area contributed by atoms with E-state index in [1.165, 1.54) is 12.8 Å². The van der Waals surface area contributed by atoms with Gasteiger partial charge in [0.1, 0.15) is 6.29 Å². The van der Waals surface area contributed by atoms with E-state index in [-0.39, 0.29) is 6.04 Å².